The lowest BCUT2D eigenvalue weighted by Crippen LogP contribution is -2.55. The largest absolute Gasteiger partial charge is 0.383 e. The van der Waals surface area contributed by atoms with Crippen LogP contribution >= 0.6 is 11.6 Å². The number of hydrogen-bond donors (Lipinski definition) is 2. The number of rotatable bonds is 9. The minimum atomic E-state index is -0.538. The fourth-order valence-electron chi connectivity index (χ4n) is 4.96. The molecule has 9 heteroatoms. The number of nitrogens with one attached hydrogen (secondary N) is 2. The highest BCUT2D eigenvalue weighted by atomic mass is 35.5. The lowest BCUT2D eigenvalue weighted by atomic mass is 9.97. The summed E-state index contributed by atoms with van der Waals surface area (Å²) in [6.45, 7) is 6.82. The lowest BCUT2D eigenvalue weighted by Gasteiger charge is -2.44. The molecular formula is C30H33ClFN5O2. The molecule has 1 aliphatic heterocycles. The van der Waals surface area contributed by atoms with Crippen LogP contribution < -0.4 is 10.6 Å². The maximum absolute atomic E-state index is 13.5. The van der Waals surface area contributed by atoms with Crippen LogP contribution in [0.4, 0.5) is 14.9 Å². The zero-order chi connectivity index (χ0) is 27.8. The van der Waals surface area contributed by atoms with Crippen LogP contribution in [0.25, 0.3) is 11.1 Å². The summed E-state index contributed by atoms with van der Waals surface area (Å²) in [5.74, 6) is -0.538. The van der Waals surface area contributed by atoms with Crippen LogP contribution in [0.1, 0.15) is 24.1 Å². The summed E-state index contributed by atoms with van der Waals surface area (Å²) in [6, 6.07) is 21.9. The zero-order valence-electron chi connectivity index (χ0n) is 22.2. The molecule has 1 fully saturated rings. The highest BCUT2D eigenvalue weighted by Gasteiger charge is 2.30. The molecule has 0 radical (unpaired) electrons. The molecule has 204 valence electrons. The minimum Gasteiger partial charge on any atom is -0.383 e. The maximum atomic E-state index is 13.5. The molecule has 0 saturated carbocycles. The Labute approximate surface area is 234 Å². The predicted molar refractivity (Wildman–Crippen MR) is 152 cm³/mol. The Kier molecular flexibility index (Phi) is 9.90. The Morgan fingerprint density at radius 3 is 2.64 bits per heavy atom. The van der Waals surface area contributed by atoms with Gasteiger partial charge in [-0.2, -0.15) is 5.26 Å². The van der Waals surface area contributed by atoms with Gasteiger partial charge >= 0.3 is 6.03 Å². The standard InChI is InChI=1S/C30H33ClFN5O2/c1-21-20-36(14-15-39-2)12-13-37(21)29(19-34-30(38)35-26-10-11-28(32)27(31)17-26)24-8-6-23(7-9-24)25-5-3-4-22(16-25)18-33/h3-11,16-17,21,29H,12-15,19-20H2,1-2H3,(H2,34,35,38)/t21-,29+/m0/s1. The van der Waals surface area contributed by atoms with Crippen LogP contribution in [0.5, 0.6) is 0 Å². The number of nitriles is 1. The first kappa shape index (κ1) is 28.5. The van der Waals surface area contributed by atoms with E-state index in [4.69, 9.17) is 16.3 Å². The van der Waals surface area contributed by atoms with Gasteiger partial charge in [0.2, 0.25) is 0 Å². The van der Waals surface area contributed by atoms with E-state index >= 15 is 0 Å². The molecule has 4 rings (SSSR count). The van der Waals surface area contributed by atoms with Crippen molar-refractivity contribution in [3.63, 3.8) is 0 Å². The van der Waals surface area contributed by atoms with Crippen molar-refractivity contribution in [2.45, 2.75) is 19.0 Å². The summed E-state index contributed by atoms with van der Waals surface area (Å²) < 4.78 is 18.8. The number of piperazine rings is 1. The number of carbonyl (C=O) groups excluding carboxylic acids is 1. The van der Waals surface area contributed by atoms with Gasteiger partial charge in [-0.05, 0) is 53.9 Å². The van der Waals surface area contributed by atoms with Gasteiger partial charge in [0.05, 0.1) is 29.3 Å². The van der Waals surface area contributed by atoms with Gasteiger partial charge in [-0.3, -0.25) is 9.80 Å². The van der Waals surface area contributed by atoms with Gasteiger partial charge in [-0.25, -0.2) is 9.18 Å². The number of methoxy groups -OCH3 is 1. The normalized spacial score (nSPS) is 16.8. The first-order valence-corrected chi connectivity index (χ1v) is 13.3. The molecule has 1 aliphatic rings. The summed E-state index contributed by atoms with van der Waals surface area (Å²) in [5.41, 5.74) is 4.11. The van der Waals surface area contributed by atoms with Crippen molar-refractivity contribution in [2.24, 2.45) is 0 Å². The highest BCUT2D eigenvalue weighted by Crippen LogP contribution is 2.28. The predicted octanol–water partition coefficient (Wildman–Crippen LogP) is 5.53. The number of hydrogen-bond acceptors (Lipinski definition) is 5. The first-order valence-electron chi connectivity index (χ1n) is 13.0. The van der Waals surface area contributed by atoms with Gasteiger partial charge in [-0.15, -0.1) is 0 Å². The van der Waals surface area contributed by atoms with Crippen LogP contribution in [-0.2, 0) is 4.74 Å². The SMILES string of the molecule is COCCN1CCN([C@H](CNC(=O)Nc2ccc(F)c(Cl)c2)c2ccc(-c3cccc(C#N)c3)cc2)[C@@H](C)C1. The summed E-state index contributed by atoms with van der Waals surface area (Å²) >= 11 is 5.86. The van der Waals surface area contributed by atoms with Crippen LogP contribution in [0, 0.1) is 17.1 Å². The number of carbonyl (C=O) groups is 1. The van der Waals surface area contributed by atoms with E-state index in [0.717, 1.165) is 42.9 Å². The first-order chi connectivity index (χ1) is 18.9. The summed E-state index contributed by atoms with van der Waals surface area (Å²) in [5, 5.41) is 14.9. The van der Waals surface area contributed by atoms with Crippen molar-refractivity contribution in [1.82, 2.24) is 15.1 Å². The van der Waals surface area contributed by atoms with Gasteiger partial charge in [-0.1, -0.05) is 48.0 Å². The van der Waals surface area contributed by atoms with E-state index in [1.165, 1.54) is 18.2 Å². The second kappa shape index (κ2) is 13.5. The Morgan fingerprint density at radius 2 is 1.95 bits per heavy atom. The number of halogens is 2. The van der Waals surface area contributed by atoms with Gasteiger partial charge in [0, 0.05) is 51.6 Å². The summed E-state index contributed by atoms with van der Waals surface area (Å²) in [4.78, 5) is 17.6. The van der Waals surface area contributed by atoms with E-state index in [9.17, 15) is 14.4 Å². The molecule has 0 spiro atoms. The molecule has 3 aromatic rings. The number of benzene rings is 3. The summed E-state index contributed by atoms with van der Waals surface area (Å²) in [6.07, 6.45) is 0. The average molecular weight is 550 g/mol. The fraction of sp³-hybridized carbons (Fsp3) is 0.333. The van der Waals surface area contributed by atoms with Crippen molar-refractivity contribution in [2.75, 3.05) is 51.8 Å². The monoisotopic (exact) mass is 549 g/mol. The van der Waals surface area contributed by atoms with Crippen LogP contribution in [0.15, 0.2) is 66.7 Å². The van der Waals surface area contributed by atoms with Crippen molar-refractivity contribution in [1.29, 1.82) is 5.26 Å². The van der Waals surface area contributed by atoms with E-state index < -0.39 is 5.82 Å². The van der Waals surface area contributed by atoms with Crippen molar-refractivity contribution in [3.8, 4) is 17.2 Å². The zero-order valence-corrected chi connectivity index (χ0v) is 22.9. The van der Waals surface area contributed by atoms with Crippen molar-refractivity contribution in [3.05, 3.63) is 88.7 Å². The quantitative estimate of drug-likeness (QED) is 0.367. The van der Waals surface area contributed by atoms with E-state index in [0.29, 0.717) is 24.4 Å². The molecule has 0 unspecified atom stereocenters. The molecular weight excluding hydrogens is 517 g/mol. The molecule has 2 N–H and O–H groups in total. The van der Waals surface area contributed by atoms with E-state index in [-0.39, 0.29) is 23.1 Å². The molecule has 2 amide bonds. The molecule has 7 nitrogen and oxygen atoms in total. The molecule has 0 bridgehead atoms. The number of ether oxygens (including phenoxy) is 1. The average Bonchev–Trinajstić information content (AvgIpc) is 2.95. The number of urea groups is 1. The molecule has 3 aromatic carbocycles. The van der Waals surface area contributed by atoms with Crippen LogP contribution in [-0.4, -0.2) is 68.3 Å². The Morgan fingerprint density at radius 1 is 1.15 bits per heavy atom. The Balaban J connectivity index is 1.51. The second-order valence-corrected chi connectivity index (χ2v) is 10.1. The van der Waals surface area contributed by atoms with Gasteiger partial charge in [0.1, 0.15) is 5.82 Å². The van der Waals surface area contributed by atoms with Crippen LogP contribution in [0.3, 0.4) is 0 Å². The third kappa shape index (κ3) is 7.55. The van der Waals surface area contributed by atoms with Gasteiger partial charge < -0.3 is 15.4 Å². The maximum Gasteiger partial charge on any atom is 0.319 e. The number of anilines is 1. The Hall–Kier alpha value is -3.48. The molecule has 2 atom stereocenters. The van der Waals surface area contributed by atoms with Crippen molar-refractivity contribution >= 4 is 23.3 Å². The lowest BCUT2D eigenvalue weighted by molar-refractivity contribution is 0.0364. The van der Waals surface area contributed by atoms with Gasteiger partial charge in [0.25, 0.3) is 0 Å². The second-order valence-electron chi connectivity index (χ2n) is 9.67. The third-order valence-corrected chi connectivity index (χ3v) is 7.32. The number of nitrogens with zero attached hydrogens (tertiary/aromatic N) is 3. The van der Waals surface area contributed by atoms with Crippen molar-refractivity contribution < 1.29 is 13.9 Å². The molecule has 1 heterocycles. The van der Waals surface area contributed by atoms with E-state index in [1.54, 1.807) is 13.2 Å². The summed E-state index contributed by atoms with van der Waals surface area (Å²) in [7, 11) is 1.71. The highest BCUT2D eigenvalue weighted by molar-refractivity contribution is 6.31. The molecule has 39 heavy (non-hydrogen) atoms. The Bertz CT molecular complexity index is 1310. The smallest absolute Gasteiger partial charge is 0.319 e. The van der Waals surface area contributed by atoms with Crippen LogP contribution in [0.2, 0.25) is 5.02 Å². The topological polar surface area (TPSA) is 80.6 Å². The molecule has 0 aromatic heterocycles. The molecule has 1 saturated heterocycles. The van der Waals surface area contributed by atoms with E-state index in [1.807, 2.05) is 18.2 Å². The fourth-order valence-corrected chi connectivity index (χ4v) is 5.15. The molecule has 0 aliphatic carbocycles. The minimum absolute atomic E-state index is 0.0498. The van der Waals surface area contributed by atoms with Gasteiger partial charge in [0.15, 0.2) is 0 Å². The third-order valence-electron chi connectivity index (χ3n) is 7.03. The van der Waals surface area contributed by atoms with E-state index in [2.05, 4.69) is 57.7 Å². The number of amides is 2.